The lowest BCUT2D eigenvalue weighted by molar-refractivity contribution is 0.102. The molecule has 31 heavy (non-hydrogen) atoms. The van der Waals surface area contributed by atoms with Crippen molar-refractivity contribution >= 4 is 43.0 Å². The summed E-state index contributed by atoms with van der Waals surface area (Å²) >= 11 is 1.20. The van der Waals surface area contributed by atoms with Gasteiger partial charge in [-0.2, -0.15) is 4.31 Å². The van der Waals surface area contributed by atoms with E-state index in [2.05, 4.69) is 5.32 Å². The Labute approximate surface area is 184 Å². The number of methoxy groups -OCH3 is 1. The Bertz CT molecular complexity index is 1200. The Morgan fingerprint density at radius 2 is 1.84 bits per heavy atom. The van der Waals surface area contributed by atoms with E-state index in [-0.39, 0.29) is 17.4 Å². The minimum Gasteiger partial charge on any atom is -0.380 e. The van der Waals surface area contributed by atoms with Crippen LogP contribution in [0.2, 0.25) is 0 Å². The van der Waals surface area contributed by atoms with Crippen molar-refractivity contribution in [3.05, 3.63) is 58.7 Å². The zero-order chi connectivity index (χ0) is 22.0. The normalized spacial score (nSPS) is 15.3. The lowest BCUT2D eigenvalue weighted by Gasteiger charge is -2.25. The van der Waals surface area contributed by atoms with E-state index in [0.29, 0.717) is 39.3 Å². The Morgan fingerprint density at radius 1 is 1.13 bits per heavy atom. The molecule has 1 amide bonds. The smallest absolute Gasteiger partial charge is 0.266 e. The number of nitrogens with one attached hydrogen (secondary N) is 1. The number of carbonyl (C=O) groups is 1. The summed E-state index contributed by atoms with van der Waals surface area (Å²) < 4.78 is 47.3. The molecule has 3 aromatic rings. The van der Waals surface area contributed by atoms with Crippen molar-refractivity contribution in [2.75, 3.05) is 25.5 Å². The summed E-state index contributed by atoms with van der Waals surface area (Å²) in [5, 5.41) is 3.17. The summed E-state index contributed by atoms with van der Waals surface area (Å²) in [6, 6.07) is 10.9. The molecule has 4 rings (SSSR count). The number of hydrogen-bond acceptors (Lipinski definition) is 5. The summed E-state index contributed by atoms with van der Waals surface area (Å²) in [7, 11) is -2.04. The van der Waals surface area contributed by atoms with Gasteiger partial charge in [-0.15, -0.1) is 11.3 Å². The first kappa shape index (κ1) is 21.9. The number of benzene rings is 2. The monoisotopic (exact) mass is 462 g/mol. The van der Waals surface area contributed by atoms with E-state index in [1.54, 1.807) is 24.3 Å². The third-order valence-corrected chi connectivity index (χ3v) is 8.43. The summed E-state index contributed by atoms with van der Waals surface area (Å²) in [6.07, 6.45) is 2.78. The maximum absolute atomic E-state index is 14.3. The average molecular weight is 463 g/mol. The van der Waals surface area contributed by atoms with E-state index in [9.17, 15) is 17.6 Å². The van der Waals surface area contributed by atoms with Crippen LogP contribution in [-0.2, 0) is 21.4 Å². The van der Waals surface area contributed by atoms with Gasteiger partial charge in [0.15, 0.2) is 0 Å². The highest BCUT2D eigenvalue weighted by molar-refractivity contribution is 7.89. The molecule has 2 heterocycles. The van der Waals surface area contributed by atoms with Gasteiger partial charge in [-0.05, 0) is 49.2 Å². The number of hydrogen-bond donors (Lipinski definition) is 1. The Morgan fingerprint density at radius 3 is 2.52 bits per heavy atom. The van der Waals surface area contributed by atoms with Crippen molar-refractivity contribution in [1.29, 1.82) is 0 Å². The zero-order valence-corrected chi connectivity index (χ0v) is 18.7. The molecule has 1 aliphatic rings. The first-order valence-electron chi connectivity index (χ1n) is 10.0. The van der Waals surface area contributed by atoms with Gasteiger partial charge < -0.3 is 10.1 Å². The van der Waals surface area contributed by atoms with Crippen molar-refractivity contribution in [2.24, 2.45) is 0 Å². The molecule has 0 atom stereocenters. The van der Waals surface area contributed by atoms with Gasteiger partial charge in [-0.25, -0.2) is 12.8 Å². The van der Waals surface area contributed by atoms with E-state index in [0.717, 1.165) is 19.3 Å². The molecule has 6 nitrogen and oxygen atoms in total. The van der Waals surface area contributed by atoms with Crippen LogP contribution in [0.3, 0.4) is 0 Å². The molecule has 9 heteroatoms. The topological polar surface area (TPSA) is 75.7 Å². The average Bonchev–Trinajstić information content (AvgIpc) is 3.15. The fourth-order valence-corrected chi connectivity index (χ4v) is 6.42. The molecule has 1 saturated heterocycles. The van der Waals surface area contributed by atoms with Gasteiger partial charge in [0.25, 0.3) is 5.91 Å². The minimum atomic E-state index is -3.53. The Hall–Kier alpha value is -2.33. The highest BCUT2D eigenvalue weighted by Crippen LogP contribution is 2.34. The first-order valence-corrected chi connectivity index (χ1v) is 12.3. The Balaban J connectivity index is 1.57. The fourth-order valence-electron chi connectivity index (χ4n) is 3.79. The van der Waals surface area contributed by atoms with Gasteiger partial charge in [0.05, 0.1) is 16.4 Å². The number of thiophene rings is 1. The molecule has 0 spiro atoms. The van der Waals surface area contributed by atoms with Crippen LogP contribution in [0.25, 0.3) is 10.1 Å². The molecule has 1 fully saturated rings. The second-order valence-corrected chi connectivity index (χ2v) is 10.4. The first-order chi connectivity index (χ1) is 14.9. The molecule has 0 bridgehead atoms. The van der Waals surface area contributed by atoms with Crippen LogP contribution in [0.4, 0.5) is 10.1 Å². The molecular formula is C22H23FN2O4S2. The number of piperidine rings is 1. The highest BCUT2D eigenvalue weighted by Gasteiger charge is 2.26. The standard InChI is InChI=1S/C22H23FN2O4S2/c1-29-14-17-20-18(23)6-5-7-19(20)30-21(17)22(26)24-15-8-10-16(11-9-15)31(27,28)25-12-3-2-4-13-25/h5-11H,2-4,12-14H2,1H3,(H,24,26). The molecule has 0 saturated carbocycles. The number of fused-ring (bicyclic) bond motifs is 1. The van der Waals surface area contributed by atoms with Gasteiger partial charge in [0.2, 0.25) is 10.0 Å². The van der Waals surface area contributed by atoms with Crippen LogP contribution in [-0.4, -0.2) is 38.8 Å². The predicted octanol–water partition coefficient (Wildman–Crippen LogP) is 4.61. The van der Waals surface area contributed by atoms with Gasteiger partial charge in [-0.3, -0.25) is 4.79 Å². The molecule has 0 aliphatic carbocycles. The van der Waals surface area contributed by atoms with Crippen LogP contribution < -0.4 is 5.32 Å². The number of sulfonamides is 1. The Kier molecular flexibility index (Phi) is 6.38. The number of ether oxygens (including phenoxy) is 1. The number of rotatable bonds is 6. The third kappa shape index (κ3) is 4.36. The predicted molar refractivity (Wildman–Crippen MR) is 120 cm³/mol. The van der Waals surface area contributed by atoms with E-state index >= 15 is 0 Å². The van der Waals surface area contributed by atoms with E-state index < -0.39 is 15.8 Å². The van der Waals surface area contributed by atoms with E-state index in [1.165, 1.54) is 41.0 Å². The van der Waals surface area contributed by atoms with Gasteiger partial charge in [-0.1, -0.05) is 12.5 Å². The molecule has 1 aliphatic heterocycles. The van der Waals surface area contributed by atoms with Gasteiger partial charge in [0.1, 0.15) is 5.82 Å². The number of amides is 1. The SMILES string of the molecule is COCc1c(C(=O)Nc2ccc(S(=O)(=O)N3CCCCC3)cc2)sc2cccc(F)c12. The second-order valence-electron chi connectivity index (χ2n) is 7.40. The quantitative estimate of drug-likeness (QED) is 0.580. The number of carbonyl (C=O) groups excluding carboxylic acids is 1. The fraction of sp³-hybridized carbons (Fsp3) is 0.318. The molecule has 2 aromatic carbocycles. The van der Waals surface area contributed by atoms with Crippen LogP contribution >= 0.6 is 11.3 Å². The molecular weight excluding hydrogens is 439 g/mol. The van der Waals surface area contributed by atoms with Crippen molar-refractivity contribution < 1.29 is 22.3 Å². The van der Waals surface area contributed by atoms with E-state index in [1.807, 2.05) is 0 Å². The molecule has 0 unspecified atom stereocenters. The van der Waals surface area contributed by atoms with Crippen molar-refractivity contribution in [3.63, 3.8) is 0 Å². The number of halogens is 1. The summed E-state index contributed by atoms with van der Waals surface area (Å²) in [5.41, 5.74) is 0.964. The van der Waals surface area contributed by atoms with Crippen LogP contribution in [0, 0.1) is 5.82 Å². The summed E-state index contributed by atoms with van der Waals surface area (Å²) in [5.74, 6) is -0.786. The van der Waals surface area contributed by atoms with Gasteiger partial charge >= 0.3 is 0 Å². The van der Waals surface area contributed by atoms with Crippen LogP contribution in [0.5, 0.6) is 0 Å². The summed E-state index contributed by atoms with van der Waals surface area (Å²) in [4.78, 5) is 13.5. The summed E-state index contributed by atoms with van der Waals surface area (Å²) in [6.45, 7) is 1.17. The zero-order valence-electron chi connectivity index (χ0n) is 17.1. The minimum absolute atomic E-state index is 0.108. The van der Waals surface area contributed by atoms with Crippen molar-refractivity contribution in [3.8, 4) is 0 Å². The molecule has 0 radical (unpaired) electrons. The maximum Gasteiger partial charge on any atom is 0.266 e. The number of nitrogens with zero attached hydrogens (tertiary/aromatic N) is 1. The lowest BCUT2D eigenvalue weighted by Crippen LogP contribution is -2.35. The van der Waals surface area contributed by atoms with Crippen LogP contribution in [0.15, 0.2) is 47.4 Å². The largest absolute Gasteiger partial charge is 0.380 e. The van der Waals surface area contributed by atoms with Crippen molar-refractivity contribution in [1.82, 2.24) is 4.31 Å². The molecule has 164 valence electrons. The second kappa shape index (κ2) is 9.04. The van der Waals surface area contributed by atoms with Crippen molar-refractivity contribution in [2.45, 2.75) is 30.8 Å². The maximum atomic E-state index is 14.3. The van der Waals surface area contributed by atoms with Gasteiger partial charge in [0, 0.05) is 41.5 Å². The third-order valence-electron chi connectivity index (χ3n) is 5.32. The molecule has 1 aromatic heterocycles. The number of anilines is 1. The lowest BCUT2D eigenvalue weighted by atomic mass is 10.1. The van der Waals surface area contributed by atoms with E-state index in [4.69, 9.17) is 4.74 Å². The molecule has 1 N–H and O–H groups in total. The highest BCUT2D eigenvalue weighted by atomic mass is 32.2. The van der Waals surface area contributed by atoms with Crippen LogP contribution in [0.1, 0.15) is 34.5 Å².